The van der Waals surface area contributed by atoms with Gasteiger partial charge in [-0.15, -0.1) is 5.10 Å². The minimum atomic E-state index is -0.689. The van der Waals surface area contributed by atoms with Gasteiger partial charge in [-0.3, -0.25) is 14.9 Å². The maximum absolute atomic E-state index is 12.3. The highest BCUT2D eigenvalue weighted by molar-refractivity contribution is 5.98. The first kappa shape index (κ1) is 16.0. The predicted molar refractivity (Wildman–Crippen MR) is 96.0 cm³/mol. The summed E-state index contributed by atoms with van der Waals surface area (Å²) in [7, 11) is 0. The first-order valence-corrected chi connectivity index (χ1v) is 8.34. The minimum Gasteiger partial charge on any atom is -0.352 e. The monoisotopic (exact) mass is 347 g/mol. The molecule has 0 radical (unpaired) electrons. The fourth-order valence-electron chi connectivity index (χ4n) is 2.86. The van der Waals surface area contributed by atoms with Crippen LogP contribution in [0.3, 0.4) is 0 Å². The molecule has 130 valence electrons. The fourth-order valence-corrected chi connectivity index (χ4v) is 2.86. The van der Waals surface area contributed by atoms with Crippen molar-refractivity contribution in [2.75, 3.05) is 5.32 Å². The van der Waals surface area contributed by atoms with Gasteiger partial charge in [0.15, 0.2) is 5.82 Å². The van der Waals surface area contributed by atoms with Crippen molar-refractivity contribution in [1.82, 2.24) is 20.1 Å². The minimum absolute atomic E-state index is 0.0171. The van der Waals surface area contributed by atoms with Crippen LogP contribution in [-0.4, -0.2) is 26.6 Å². The molecule has 0 bridgehead atoms. The lowest BCUT2D eigenvalue weighted by atomic mass is 10.2. The number of anilines is 1. The van der Waals surface area contributed by atoms with Gasteiger partial charge in [-0.1, -0.05) is 60.7 Å². The summed E-state index contributed by atoms with van der Waals surface area (Å²) in [6.07, 6.45) is 0.0171. The third-order valence-corrected chi connectivity index (χ3v) is 4.21. The SMILES string of the molecule is O=C(CC1C(=O)Nc2nc(-c3ccccc3)nn21)NCc1ccccc1. The molecule has 1 aliphatic rings. The van der Waals surface area contributed by atoms with Crippen LogP contribution in [0.1, 0.15) is 18.0 Å². The Hall–Kier alpha value is -3.48. The van der Waals surface area contributed by atoms with Gasteiger partial charge in [0, 0.05) is 12.1 Å². The summed E-state index contributed by atoms with van der Waals surface area (Å²) < 4.78 is 1.49. The number of hydrogen-bond acceptors (Lipinski definition) is 4. The van der Waals surface area contributed by atoms with Crippen molar-refractivity contribution >= 4 is 17.8 Å². The number of hydrogen-bond donors (Lipinski definition) is 2. The Morgan fingerprint density at radius 3 is 2.50 bits per heavy atom. The quantitative estimate of drug-likeness (QED) is 0.740. The van der Waals surface area contributed by atoms with Crippen molar-refractivity contribution in [3.05, 3.63) is 66.2 Å². The smallest absolute Gasteiger partial charge is 0.252 e. The molecule has 0 saturated heterocycles. The van der Waals surface area contributed by atoms with Crippen LogP contribution < -0.4 is 10.6 Å². The highest BCUT2D eigenvalue weighted by Crippen LogP contribution is 2.28. The summed E-state index contributed by atoms with van der Waals surface area (Å²) in [6, 6.07) is 18.4. The predicted octanol–water partition coefficient (Wildman–Crippen LogP) is 2.14. The van der Waals surface area contributed by atoms with E-state index in [0.717, 1.165) is 11.1 Å². The second kappa shape index (κ2) is 6.79. The zero-order valence-electron chi connectivity index (χ0n) is 13.9. The number of nitrogens with one attached hydrogen (secondary N) is 2. The number of amides is 2. The molecule has 26 heavy (non-hydrogen) atoms. The molecule has 0 aliphatic carbocycles. The van der Waals surface area contributed by atoms with Crippen molar-refractivity contribution in [3.8, 4) is 11.4 Å². The molecule has 2 aromatic carbocycles. The lowest BCUT2D eigenvalue weighted by Gasteiger charge is -2.10. The van der Waals surface area contributed by atoms with E-state index in [-0.39, 0.29) is 18.2 Å². The van der Waals surface area contributed by atoms with Crippen LogP contribution in [0.4, 0.5) is 5.95 Å². The average Bonchev–Trinajstić information content (AvgIpc) is 3.20. The summed E-state index contributed by atoms with van der Waals surface area (Å²) in [5, 5.41) is 9.93. The number of benzene rings is 2. The van der Waals surface area contributed by atoms with E-state index in [0.29, 0.717) is 18.3 Å². The molecule has 1 unspecified atom stereocenters. The Bertz CT molecular complexity index is 937. The molecule has 7 nitrogen and oxygen atoms in total. The molecule has 1 aromatic heterocycles. The molecule has 1 aliphatic heterocycles. The van der Waals surface area contributed by atoms with E-state index in [1.165, 1.54) is 4.68 Å². The van der Waals surface area contributed by atoms with E-state index in [9.17, 15) is 9.59 Å². The van der Waals surface area contributed by atoms with Gasteiger partial charge in [-0.05, 0) is 5.56 Å². The van der Waals surface area contributed by atoms with E-state index in [1.807, 2.05) is 60.7 Å². The molecule has 0 spiro atoms. The lowest BCUT2D eigenvalue weighted by molar-refractivity contribution is -0.126. The van der Waals surface area contributed by atoms with Crippen molar-refractivity contribution in [2.45, 2.75) is 19.0 Å². The van der Waals surface area contributed by atoms with Gasteiger partial charge in [0.25, 0.3) is 5.91 Å². The van der Waals surface area contributed by atoms with E-state index in [2.05, 4.69) is 20.7 Å². The highest BCUT2D eigenvalue weighted by Gasteiger charge is 2.35. The molecule has 2 heterocycles. The van der Waals surface area contributed by atoms with Crippen molar-refractivity contribution in [1.29, 1.82) is 0 Å². The largest absolute Gasteiger partial charge is 0.352 e. The maximum Gasteiger partial charge on any atom is 0.252 e. The van der Waals surface area contributed by atoms with Gasteiger partial charge in [0.05, 0.1) is 6.42 Å². The normalized spacial score (nSPS) is 15.4. The zero-order valence-corrected chi connectivity index (χ0v) is 13.9. The Kier molecular flexibility index (Phi) is 4.18. The number of carbonyl (C=O) groups is 2. The first-order valence-electron chi connectivity index (χ1n) is 8.34. The summed E-state index contributed by atoms with van der Waals surface area (Å²) in [6.45, 7) is 0.424. The van der Waals surface area contributed by atoms with E-state index in [4.69, 9.17) is 0 Å². The summed E-state index contributed by atoms with van der Waals surface area (Å²) >= 11 is 0. The molecule has 3 aromatic rings. The van der Waals surface area contributed by atoms with Crippen LogP contribution >= 0.6 is 0 Å². The third kappa shape index (κ3) is 3.19. The van der Waals surface area contributed by atoms with E-state index < -0.39 is 6.04 Å². The molecular formula is C19H17N5O2. The topological polar surface area (TPSA) is 88.9 Å². The van der Waals surface area contributed by atoms with Crippen molar-refractivity contribution in [2.24, 2.45) is 0 Å². The number of nitrogens with zero attached hydrogens (tertiary/aromatic N) is 3. The number of aromatic nitrogens is 3. The van der Waals surface area contributed by atoms with Crippen molar-refractivity contribution in [3.63, 3.8) is 0 Å². The Morgan fingerprint density at radius 1 is 1.08 bits per heavy atom. The van der Waals surface area contributed by atoms with Gasteiger partial charge >= 0.3 is 0 Å². The Balaban J connectivity index is 1.45. The van der Waals surface area contributed by atoms with Crippen molar-refractivity contribution < 1.29 is 9.59 Å². The van der Waals surface area contributed by atoms with Gasteiger partial charge < -0.3 is 5.32 Å². The van der Waals surface area contributed by atoms with Crippen LogP contribution in [-0.2, 0) is 16.1 Å². The van der Waals surface area contributed by atoms with Gasteiger partial charge in [-0.25, -0.2) is 4.68 Å². The summed E-state index contributed by atoms with van der Waals surface area (Å²) in [4.78, 5) is 28.8. The zero-order chi connectivity index (χ0) is 17.9. The van der Waals surface area contributed by atoms with Crippen LogP contribution in [0.25, 0.3) is 11.4 Å². The Labute approximate surface area is 150 Å². The molecule has 2 N–H and O–H groups in total. The van der Waals surface area contributed by atoms with E-state index in [1.54, 1.807) is 0 Å². The lowest BCUT2D eigenvalue weighted by Crippen LogP contribution is -2.28. The number of fused-ring (bicyclic) bond motifs is 1. The second-order valence-corrected chi connectivity index (χ2v) is 6.04. The molecule has 2 amide bonds. The van der Waals surface area contributed by atoms with Gasteiger partial charge in [-0.2, -0.15) is 4.98 Å². The average molecular weight is 347 g/mol. The molecule has 4 rings (SSSR count). The van der Waals surface area contributed by atoms with E-state index >= 15 is 0 Å². The van der Waals surface area contributed by atoms with Crippen LogP contribution in [0.15, 0.2) is 60.7 Å². The first-order chi connectivity index (χ1) is 12.7. The second-order valence-electron chi connectivity index (χ2n) is 6.04. The van der Waals surface area contributed by atoms with Gasteiger partial charge in [0.2, 0.25) is 11.9 Å². The molecule has 7 heteroatoms. The van der Waals surface area contributed by atoms with Crippen LogP contribution in [0, 0.1) is 0 Å². The van der Waals surface area contributed by atoms with Crippen LogP contribution in [0.5, 0.6) is 0 Å². The molecule has 1 atom stereocenters. The molecule has 0 saturated carbocycles. The molecule has 0 fully saturated rings. The summed E-state index contributed by atoms with van der Waals surface area (Å²) in [5.41, 5.74) is 1.86. The summed E-state index contributed by atoms with van der Waals surface area (Å²) in [5.74, 6) is 0.415. The number of carbonyl (C=O) groups excluding carboxylic acids is 2. The Morgan fingerprint density at radius 2 is 1.77 bits per heavy atom. The fraction of sp³-hybridized carbons (Fsp3) is 0.158. The van der Waals surface area contributed by atoms with Crippen LogP contribution in [0.2, 0.25) is 0 Å². The van der Waals surface area contributed by atoms with Gasteiger partial charge in [0.1, 0.15) is 6.04 Å². The highest BCUT2D eigenvalue weighted by atomic mass is 16.2. The maximum atomic E-state index is 12.3. The third-order valence-electron chi connectivity index (χ3n) is 4.21. The molecular weight excluding hydrogens is 330 g/mol. The number of rotatable bonds is 5. The standard InChI is InChI=1S/C19H17N5O2/c25-16(20-12-13-7-3-1-4-8-13)11-15-18(26)22-19-21-17(23-24(15)19)14-9-5-2-6-10-14/h1-10,15H,11-12H2,(H,20,25)(H,21,22,23,26).